The van der Waals surface area contributed by atoms with Crippen LogP contribution in [-0.4, -0.2) is 42.8 Å². The second-order valence-corrected chi connectivity index (χ2v) is 10.0. The van der Waals surface area contributed by atoms with Crippen LogP contribution in [0.2, 0.25) is 0 Å². The molecule has 1 aliphatic heterocycles. The number of ether oxygens (including phenoxy) is 3. The number of amides is 1. The summed E-state index contributed by atoms with van der Waals surface area (Å²) in [6.07, 6.45) is -2.71. The number of halogens is 4. The quantitative estimate of drug-likeness (QED) is 0.368. The molecule has 0 bridgehead atoms. The number of esters is 1. The third-order valence-corrected chi connectivity index (χ3v) is 6.04. The molecule has 0 atom stereocenters. The summed E-state index contributed by atoms with van der Waals surface area (Å²) in [5.74, 6) is -0.859. The average Bonchev–Trinajstić information content (AvgIpc) is 2.81. The fourth-order valence-electron chi connectivity index (χ4n) is 3.69. The van der Waals surface area contributed by atoms with Gasteiger partial charge in [-0.3, -0.25) is 0 Å². The van der Waals surface area contributed by atoms with Crippen molar-refractivity contribution in [3.63, 3.8) is 0 Å². The van der Waals surface area contributed by atoms with Gasteiger partial charge in [-0.15, -0.1) is 0 Å². The minimum atomic E-state index is -4.56. The number of benzene rings is 2. The lowest BCUT2D eigenvalue weighted by molar-refractivity contribution is -0.139. The first-order valence-corrected chi connectivity index (χ1v) is 12.0. The normalized spacial score (nSPS) is 14.2. The van der Waals surface area contributed by atoms with Crippen molar-refractivity contribution in [1.29, 1.82) is 0 Å². The summed E-state index contributed by atoms with van der Waals surface area (Å²) in [5.41, 5.74) is 0.800. The molecule has 1 amide bonds. The molecule has 1 aliphatic rings. The van der Waals surface area contributed by atoms with E-state index < -0.39 is 29.4 Å². The van der Waals surface area contributed by atoms with Gasteiger partial charge in [0, 0.05) is 17.6 Å². The molecule has 3 rings (SSSR count). The molecule has 1 heterocycles. The van der Waals surface area contributed by atoms with Crippen LogP contribution in [0, 0.1) is 0 Å². The van der Waals surface area contributed by atoms with Gasteiger partial charge in [0.2, 0.25) is 0 Å². The van der Waals surface area contributed by atoms with Gasteiger partial charge in [-0.25, -0.2) is 9.59 Å². The van der Waals surface area contributed by atoms with Crippen LogP contribution in [-0.2, 0) is 22.3 Å². The number of hydrogen-bond donors (Lipinski definition) is 0. The molecule has 0 spiro atoms. The molecule has 0 aliphatic carbocycles. The Labute approximate surface area is 216 Å². The predicted octanol–water partition coefficient (Wildman–Crippen LogP) is 6.86. The Morgan fingerprint density at radius 3 is 2.39 bits per heavy atom. The van der Waals surface area contributed by atoms with E-state index in [9.17, 15) is 22.8 Å². The molecule has 0 N–H and O–H groups in total. The van der Waals surface area contributed by atoms with E-state index in [0.29, 0.717) is 28.6 Å². The van der Waals surface area contributed by atoms with Crippen LogP contribution < -0.4 is 4.74 Å². The smallest absolute Gasteiger partial charge is 0.419 e. The Kier molecular flexibility index (Phi) is 8.38. The lowest BCUT2D eigenvalue weighted by Gasteiger charge is -2.30. The molecular weight excluding hydrogens is 543 g/mol. The van der Waals surface area contributed by atoms with Gasteiger partial charge in [0.05, 0.1) is 18.2 Å². The van der Waals surface area contributed by atoms with Crippen molar-refractivity contribution in [3.05, 3.63) is 69.2 Å². The lowest BCUT2D eigenvalue weighted by atomic mass is 9.93. The van der Waals surface area contributed by atoms with Crippen LogP contribution in [0.3, 0.4) is 0 Å². The number of alkyl halides is 3. The number of nitrogens with zero attached hydrogens (tertiary/aromatic N) is 1. The highest BCUT2D eigenvalue weighted by Gasteiger charge is 2.34. The largest absolute Gasteiger partial charge is 0.488 e. The lowest BCUT2D eigenvalue weighted by Crippen LogP contribution is -2.39. The van der Waals surface area contributed by atoms with Crippen LogP contribution in [0.25, 0.3) is 5.57 Å². The summed E-state index contributed by atoms with van der Waals surface area (Å²) in [5, 5.41) is 0. The van der Waals surface area contributed by atoms with Gasteiger partial charge in [-0.1, -0.05) is 18.2 Å². The molecule has 2 aromatic rings. The maximum atomic E-state index is 13.4. The number of carbonyl (C=O) groups excluding carboxylic acids is 2. The second kappa shape index (κ2) is 10.9. The summed E-state index contributed by atoms with van der Waals surface area (Å²) in [4.78, 5) is 26.3. The number of carbonyl (C=O) groups is 2. The van der Waals surface area contributed by atoms with Gasteiger partial charge in [0.1, 0.15) is 18.0 Å². The zero-order chi connectivity index (χ0) is 26.7. The summed E-state index contributed by atoms with van der Waals surface area (Å²) in [6.45, 7) is 5.85. The molecule has 6 nitrogen and oxygen atoms in total. The van der Waals surface area contributed by atoms with Crippen molar-refractivity contribution in [1.82, 2.24) is 4.90 Å². The van der Waals surface area contributed by atoms with Gasteiger partial charge >= 0.3 is 18.2 Å². The Morgan fingerprint density at radius 2 is 1.81 bits per heavy atom. The zero-order valence-electron chi connectivity index (χ0n) is 20.4. The molecule has 2 aromatic carbocycles. The standard InChI is InChI=1S/C26H27BrF3NO5/c1-25(2,3)36-24(33)31-11-9-16(10-12-31)18-14-19(23(32)34-4)21(27)13-17(18)15-35-22-8-6-5-7-20(22)26(28,29)30/h5-9,13-14H,10-12,15H2,1-4H3. The number of hydrogen-bond acceptors (Lipinski definition) is 5. The molecule has 0 aromatic heterocycles. The first-order valence-electron chi connectivity index (χ1n) is 11.2. The molecule has 0 unspecified atom stereocenters. The fraction of sp³-hybridized carbons (Fsp3) is 0.385. The van der Waals surface area contributed by atoms with E-state index in [0.717, 1.165) is 11.6 Å². The Balaban J connectivity index is 1.93. The molecule has 0 saturated carbocycles. The van der Waals surface area contributed by atoms with Crippen molar-refractivity contribution in [3.8, 4) is 5.75 Å². The van der Waals surface area contributed by atoms with Crippen LogP contribution >= 0.6 is 15.9 Å². The SMILES string of the molecule is COC(=O)c1cc(C2=CCN(C(=O)OC(C)(C)C)CC2)c(COc2ccccc2C(F)(F)F)cc1Br. The van der Waals surface area contributed by atoms with Crippen molar-refractivity contribution in [2.24, 2.45) is 0 Å². The van der Waals surface area contributed by atoms with Gasteiger partial charge in [0.25, 0.3) is 0 Å². The molecular formula is C26H27BrF3NO5. The van der Waals surface area contributed by atoms with E-state index in [4.69, 9.17) is 14.2 Å². The van der Waals surface area contributed by atoms with Crippen molar-refractivity contribution < 1.29 is 37.0 Å². The summed E-state index contributed by atoms with van der Waals surface area (Å²) in [7, 11) is 1.26. The fourth-order valence-corrected chi connectivity index (χ4v) is 4.24. The maximum absolute atomic E-state index is 13.4. The second-order valence-electron chi connectivity index (χ2n) is 9.17. The Hall–Kier alpha value is -3.01. The molecule has 0 fully saturated rings. The first kappa shape index (κ1) is 27.6. The summed E-state index contributed by atoms with van der Waals surface area (Å²) in [6, 6.07) is 8.25. The van der Waals surface area contributed by atoms with Gasteiger partial charge < -0.3 is 19.1 Å². The van der Waals surface area contributed by atoms with Crippen LogP contribution in [0.1, 0.15) is 54.2 Å². The van der Waals surface area contributed by atoms with E-state index in [1.807, 2.05) is 6.08 Å². The first-order chi connectivity index (χ1) is 16.8. The van der Waals surface area contributed by atoms with E-state index in [1.165, 1.54) is 25.3 Å². The Morgan fingerprint density at radius 1 is 1.11 bits per heavy atom. The van der Waals surface area contributed by atoms with Crippen LogP contribution in [0.15, 0.2) is 46.9 Å². The highest BCUT2D eigenvalue weighted by atomic mass is 79.9. The number of methoxy groups -OCH3 is 1. The topological polar surface area (TPSA) is 65.1 Å². The van der Waals surface area contributed by atoms with E-state index in [1.54, 1.807) is 37.8 Å². The predicted molar refractivity (Wildman–Crippen MR) is 132 cm³/mol. The van der Waals surface area contributed by atoms with Crippen molar-refractivity contribution in [2.45, 2.75) is 45.6 Å². The van der Waals surface area contributed by atoms with Crippen molar-refractivity contribution >= 4 is 33.6 Å². The van der Waals surface area contributed by atoms with E-state index >= 15 is 0 Å². The van der Waals surface area contributed by atoms with Crippen LogP contribution in [0.4, 0.5) is 18.0 Å². The Bertz CT molecular complexity index is 1170. The monoisotopic (exact) mass is 569 g/mol. The van der Waals surface area contributed by atoms with Gasteiger partial charge in [-0.05, 0) is 84.1 Å². The zero-order valence-corrected chi connectivity index (χ0v) is 22.0. The minimum Gasteiger partial charge on any atom is -0.488 e. The van der Waals surface area contributed by atoms with E-state index in [-0.39, 0.29) is 24.5 Å². The summed E-state index contributed by atoms with van der Waals surface area (Å²) < 4.78 is 56.5. The van der Waals surface area contributed by atoms with Gasteiger partial charge in [-0.2, -0.15) is 13.2 Å². The highest BCUT2D eigenvalue weighted by Crippen LogP contribution is 2.37. The molecule has 0 radical (unpaired) electrons. The van der Waals surface area contributed by atoms with Gasteiger partial charge in [0.15, 0.2) is 0 Å². The summed E-state index contributed by atoms with van der Waals surface area (Å²) >= 11 is 3.35. The molecule has 194 valence electrons. The van der Waals surface area contributed by atoms with Crippen LogP contribution in [0.5, 0.6) is 5.75 Å². The third-order valence-electron chi connectivity index (χ3n) is 5.38. The third kappa shape index (κ3) is 6.81. The highest BCUT2D eigenvalue weighted by molar-refractivity contribution is 9.10. The van der Waals surface area contributed by atoms with E-state index in [2.05, 4.69) is 15.9 Å². The average molecular weight is 570 g/mol. The number of rotatable bonds is 5. The molecule has 0 saturated heterocycles. The molecule has 10 heteroatoms. The maximum Gasteiger partial charge on any atom is 0.419 e. The molecule has 36 heavy (non-hydrogen) atoms. The number of para-hydroxylation sites is 1. The minimum absolute atomic E-state index is 0.171. The van der Waals surface area contributed by atoms with Crippen molar-refractivity contribution in [2.75, 3.05) is 20.2 Å².